The van der Waals surface area contributed by atoms with Crippen molar-refractivity contribution in [3.8, 4) is 11.1 Å². The molecule has 4 heteroatoms. The number of urea groups is 1. The Bertz CT molecular complexity index is 778. The van der Waals surface area contributed by atoms with Crippen LogP contribution in [0.3, 0.4) is 0 Å². The van der Waals surface area contributed by atoms with Gasteiger partial charge >= 0.3 is 6.03 Å². The van der Waals surface area contributed by atoms with Crippen molar-refractivity contribution in [3.05, 3.63) is 52.4 Å². The van der Waals surface area contributed by atoms with Gasteiger partial charge in [0.2, 0.25) is 0 Å². The molecule has 2 aromatic rings. The van der Waals surface area contributed by atoms with Gasteiger partial charge in [-0.05, 0) is 25.5 Å². The second-order valence-electron chi connectivity index (χ2n) is 4.34. The van der Waals surface area contributed by atoms with Crippen molar-refractivity contribution in [2.75, 3.05) is 0 Å². The molecule has 1 aliphatic heterocycles. The van der Waals surface area contributed by atoms with Crippen molar-refractivity contribution >= 4 is 6.03 Å². The van der Waals surface area contributed by atoms with Gasteiger partial charge in [-0.2, -0.15) is 9.98 Å². The molecule has 0 bridgehead atoms. The monoisotopic (exact) mass is 237 g/mol. The number of carbonyl (C=O) groups is 1. The number of fused-ring (bicyclic) bond motifs is 1. The van der Waals surface area contributed by atoms with Crippen molar-refractivity contribution in [2.24, 2.45) is 9.98 Å². The van der Waals surface area contributed by atoms with Crippen molar-refractivity contribution < 1.29 is 4.79 Å². The normalized spacial score (nSPS) is 12.9. The Morgan fingerprint density at radius 3 is 2.67 bits per heavy atom. The second kappa shape index (κ2) is 3.84. The van der Waals surface area contributed by atoms with Crippen LogP contribution in [0.15, 0.2) is 40.3 Å². The summed E-state index contributed by atoms with van der Waals surface area (Å²) in [5.74, 6) is 0. The molecule has 2 amide bonds. The molecule has 0 saturated carbocycles. The van der Waals surface area contributed by atoms with Gasteiger partial charge in [-0.15, -0.1) is 0 Å². The Hall–Kier alpha value is -2.36. The van der Waals surface area contributed by atoms with E-state index in [9.17, 15) is 4.79 Å². The molecule has 0 N–H and O–H groups in total. The average Bonchev–Trinajstić information content (AvgIpc) is 2.67. The van der Waals surface area contributed by atoms with E-state index in [0.29, 0.717) is 10.8 Å². The van der Waals surface area contributed by atoms with Gasteiger partial charge in [0, 0.05) is 11.3 Å². The van der Waals surface area contributed by atoms with Gasteiger partial charge < -0.3 is 0 Å². The Labute approximate surface area is 104 Å². The number of hydrogen-bond donors (Lipinski definition) is 0. The molecule has 0 unspecified atom stereocenters. The summed E-state index contributed by atoms with van der Waals surface area (Å²) < 4.78 is 0. The molecule has 0 saturated heterocycles. The van der Waals surface area contributed by atoms with E-state index in [1.165, 1.54) is 5.56 Å². The van der Waals surface area contributed by atoms with Gasteiger partial charge in [0.15, 0.2) is 5.49 Å². The fourth-order valence-electron chi connectivity index (χ4n) is 2.07. The first-order chi connectivity index (χ1) is 8.63. The predicted molar refractivity (Wildman–Crippen MR) is 66.9 cm³/mol. The zero-order valence-corrected chi connectivity index (χ0v) is 10.1. The van der Waals surface area contributed by atoms with Crippen LogP contribution in [-0.4, -0.2) is 11.0 Å². The largest absolute Gasteiger partial charge is 0.369 e. The lowest BCUT2D eigenvalue weighted by molar-refractivity contribution is 0.256. The Morgan fingerprint density at radius 2 is 1.89 bits per heavy atom. The van der Waals surface area contributed by atoms with Gasteiger partial charge in [-0.1, -0.05) is 29.8 Å². The maximum Gasteiger partial charge on any atom is 0.369 e. The maximum atomic E-state index is 11.1. The second-order valence-corrected chi connectivity index (χ2v) is 4.34. The number of pyridine rings is 1. The summed E-state index contributed by atoms with van der Waals surface area (Å²) in [6.45, 7) is 3.96. The number of rotatable bonds is 1. The van der Waals surface area contributed by atoms with Crippen molar-refractivity contribution in [2.45, 2.75) is 13.8 Å². The molecule has 1 aromatic heterocycles. The third kappa shape index (κ3) is 1.72. The van der Waals surface area contributed by atoms with Crippen LogP contribution in [0.2, 0.25) is 0 Å². The van der Waals surface area contributed by atoms with Crippen molar-refractivity contribution in [1.82, 2.24) is 4.98 Å². The van der Waals surface area contributed by atoms with E-state index in [1.54, 1.807) is 0 Å². The van der Waals surface area contributed by atoms with E-state index < -0.39 is 6.03 Å². The lowest BCUT2D eigenvalue weighted by atomic mass is 10.0. The van der Waals surface area contributed by atoms with E-state index in [1.807, 2.05) is 38.1 Å². The minimum absolute atomic E-state index is 0.425. The quantitative estimate of drug-likeness (QED) is 0.758. The molecule has 1 aromatic carbocycles. The highest BCUT2D eigenvalue weighted by atomic mass is 16.2. The third-order valence-corrected chi connectivity index (χ3v) is 2.92. The number of nitrogens with zero attached hydrogens (tertiary/aromatic N) is 3. The first-order valence-electron chi connectivity index (χ1n) is 5.69. The van der Waals surface area contributed by atoms with E-state index in [-0.39, 0.29) is 0 Å². The zero-order valence-electron chi connectivity index (χ0n) is 10.1. The summed E-state index contributed by atoms with van der Waals surface area (Å²) in [5.41, 5.74) is 4.54. The van der Waals surface area contributed by atoms with E-state index in [2.05, 4.69) is 21.0 Å². The average molecular weight is 237 g/mol. The van der Waals surface area contributed by atoms with Gasteiger partial charge in [0.25, 0.3) is 0 Å². The summed E-state index contributed by atoms with van der Waals surface area (Å²) in [6.07, 6.45) is 0. The Morgan fingerprint density at radius 1 is 1.06 bits per heavy atom. The van der Waals surface area contributed by atoms with E-state index >= 15 is 0 Å². The minimum Gasteiger partial charge on any atom is -0.244 e. The molecular formula is C14H11N3O. The van der Waals surface area contributed by atoms with Crippen LogP contribution in [0, 0.1) is 13.8 Å². The number of hydrogen-bond acceptors (Lipinski definition) is 2. The molecule has 88 valence electrons. The van der Waals surface area contributed by atoms with E-state index in [4.69, 9.17) is 0 Å². The van der Waals surface area contributed by atoms with Crippen LogP contribution in [0.1, 0.15) is 11.3 Å². The molecule has 0 spiro atoms. The smallest absolute Gasteiger partial charge is 0.244 e. The molecule has 0 radical (unpaired) electrons. The summed E-state index contributed by atoms with van der Waals surface area (Å²) in [4.78, 5) is 23.1. The maximum absolute atomic E-state index is 11.1. The van der Waals surface area contributed by atoms with Crippen molar-refractivity contribution in [3.63, 3.8) is 0 Å². The highest BCUT2D eigenvalue weighted by Gasteiger charge is 2.10. The number of carbonyl (C=O) groups excluding carboxylic acids is 1. The van der Waals surface area contributed by atoms with Crippen LogP contribution in [0.4, 0.5) is 4.79 Å². The Kier molecular flexibility index (Phi) is 2.30. The predicted octanol–water partition coefficient (Wildman–Crippen LogP) is 1.74. The highest BCUT2D eigenvalue weighted by molar-refractivity contribution is 5.77. The number of amides is 2. The fraction of sp³-hybridized carbons (Fsp3) is 0.143. The lowest BCUT2D eigenvalue weighted by Gasteiger charge is -2.05. The van der Waals surface area contributed by atoms with Crippen LogP contribution in [0.25, 0.3) is 11.1 Å². The first-order valence-corrected chi connectivity index (χ1v) is 5.69. The molecule has 2 heterocycles. The molecule has 0 aliphatic carbocycles. The lowest BCUT2D eigenvalue weighted by Crippen LogP contribution is -2.26. The van der Waals surface area contributed by atoms with Crippen molar-refractivity contribution in [1.29, 1.82) is 0 Å². The Balaban J connectivity index is 2.28. The number of benzene rings is 1. The summed E-state index contributed by atoms with van der Waals surface area (Å²) in [7, 11) is 0. The first kappa shape index (κ1) is 10.8. The van der Waals surface area contributed by atoms with Gasteiger partial charge in [-0.25, -0.2) is 9.78 Å². The fourth-order valence-corrected chi connectivity index (χ4v) is 2.07. The third-order valence-electron chi connectivity index (χ3n) is 2.92. The van der Waals surface area contributed by atoms with Gasteiger partial charge in [-0.3, -0.25) is 0 Å². The summed E-state index contributed by atoms with van der Waals surface area (Å²) >= 11 is 0. The van der Waals surface area contributed by atoms with Crippen LogP contribution >= 0.6 is 0 Å². The number of aryl methyl sites for hydroxylation is 2. The molecule has 18 heavy (non-hydrogen) atoms. The molecule has 3 rings (SSSR count). The van der Waals surface area contributed by atoms with Gasteiger partial charge in [0.05, 0.1) is 0 Å². The van der Waals surface area contributed by atoms with Gasteiger partial charge in [0.1, 0.15) is 5.36 Å². The van der Waals surface area contributed by atoms with Crippen LogP contribution in [0.5, 0.6) is 0 Å². The highest BCUT2D eigenvalue weighted by Crippen LogP contribution is 2.20. The molecule has 0 fully saturated rings. The molecule has 4 nitrogen and oxygen atoms in total. The minimum atomic E-state index is -0.474. The van der Waals surface area contributed by atoms with Crippen LogP contribution < -0.4 is 10.8 Å². The molecular weight excluding hydrogens is 226 g/mol. The topological polar surface area (TPSA) is 54.7 Å². The SMILES string of the molecule is Cc1cccc(-c2cc3c(nc2C)=NC(=O)N=3)c1. The summed E-state index contributed by atoms with van der Waals surface area (Å²) in [6, 6.07) is 9.56. The summed E-state index contributed by atoms with van der Waals surface area (Å²) in [5, 5.41) is 0.558. The zero-order chi connectivity index (χ0) is 12.7. The molecule has 0 atom stereocenters. The number of aromatic nitrogens is 1. The van der Waals surface area contributed by atoms with E-state index in [0.717, 1.165) is 16.8 Å². The molecule has 1 aliphatic rings. The van der Waals surface area contributed by atoms with Crippen LogP contribution in [-0.2, 0) is 0 Å². The standard InChI is InChI=1S/C14H11N3O/c1-8-4-3-5-10(6-8)11-7-12-13(15-9(11)2)17-14(18)16-12/h3-7H,1-2H3.